The summed E-state index contributed by atoms with van der Waals surface area (Å²) in [6, 6.07) is 4.82. The van der Waals surface area contributed by atoms with Gasteiger partial charge in [0.1, 0.15) is 34.9 Å². The van der Waals surface area contributed by atoms with Crippen LogP contribution in [-0.4, -0.2) is 17.9 Å². The van der Waals surface area contributed by atoms with Crippen molar-refractivity contribution in [3.8, 4) is 35.5 Å². The highest BCUT2D eigenvalue weighted by Crippen LogP contribution is 2.43. The molecule has 0 saturated heterocycles. The van der Waals surface area contributed by atoms with Crippen LogP contribution in [-0.2, 0) is 14.4 Å². The van der Waals surface area contributed by atoms with Crippen LogP contribution < -0.4 is 14.2 Å². The van der Waals surface area contributed by atoms with E-state index in [1.54, 1.807) is 18.2 Å². The predicted octanol–water partition coefficient (Wildman–Crippen LogP) is 1.08. The molecule has 0 amide bonds. The normalized spacial score (nSPS) is 9.00. The summed E-state index contributed by atoms with van der Waals surface area (Å²) in [5.74, 6) is -4.35. The number of nitrogens with zero attached hydrogens (tertiary/aromatic N) is 3. The molecule has 0 saturated carbocycles. The third-order valence-electron chi connectivity index (χ3n) is 2.44. The summed E-state index contributed by atoms with van der Waals surface area (Å²) >= 11 is 0. The van der Waals surface area contributed by atoms with Gasteiger partial charge in [-0.2, -0.15) is 15.8 Å². The van der Waals surface area contributed by atoms with Gasteiger partial charge in [-0.3, -0.25) is 14.4 Å². The van der Waals surface area contributed by atoms with Crippen molar-refractivity contribution in [3.63, 3.8) is 0 Å². The maximum absolute atomic E-state index is 11.2. The summed E-state index contributed by atoms with van der Waals surface area (Å²) in [5, 5.41) is 27.8. The van der Waals surface area contributed by atoms with Crippen molar-refractivity contribution < 1.29 is 28.6 Å². The standard InChI is InChI=1S/C15H9N3O6/c1-7(19)22-13-10(4-16)14(23-8(2)20)12(6-18)15(11(13)5-17)24-9(3)21/h1-3H3. The largest absolute Gasteiger partial charge is 0.424 e. The smallest absolute Gasteiger partial charge is 0.308 e. The van der Waals surface area contributed by atoms with E-state index in [2.05, 4.69) is 0 Å². The molecule has 9 heteroatoms. The average molecular weight is 327 g/mol. The SMILES string of the molecule is CC(=O)Oc1c(C#N)c(OC(C)=O)c(C#N)c(OC(C)=O)c1C#N. The fourth-order valence-corrected chi connectivity index (χ4v) is 1.73. The van der Waals surface area contributed by atoms with E-state index in [0.717, 1.165) is 20.8 Å². The Labute approximate surface area is 136 Å². The van der Waals surface area contributed by atoms with E-state index < -0.39 is 51.8 Å². The molecule has 0 bridgehead atoms. The molecule has 1 rings (SSSR count). The maximum Gasteiger partial charge on any atom is 0.308 e. The van der Waals surface area contributed by atoms with Crippen LogP contribution in [0.1, 0.15) is 37.5 Å². The molecule has 0 spiro atoms. The van der Waals surface area contributed by atoms with Crippen LogP contribution in [0, 0.1) is 34.0 Å². The van der Waals surface area contributed by atoms with Gasteiger partial charge in [-0.05, 0) is 0 Å². The zero-order valence-electron chi connectivity index (χ0n) is 12.8. The monoisotopic (exact) mass is 327 g/mol. The summed E-state index contributed by atoms with van der Waals surface area (Å²) in [6.07, 6.45) is 0. The van der Waals surface area contributed by atoms with Crippen LogP contribution in [0.4, 0.5) is 0 Å². The van der Waals surface area contributed by atoms with Crippen LogP contribution in [0.5, 0.6) is 17.2 Å². The minimum atomic E-state index is -0.879. The number of carbonyl (C=O) groups excluding carboxylic acids is 3. The first-order valence-corrected chi connectivity index (χ1v) is 6.26. The van der Waals surface area contributed by atoms with E-state index in [4.69, 9.17) is 14.2 Å². The van der Waals surface area contributed by atoms with Crippen molar-refractivity contribution >= 4 is 17.9 Å². The van der Waals surface area contributed by atoms with Crippen LogP contribution in [0.15, 0.2) is 0 Å². The molecule has 0 atom stereocenters. The van der Waals surface area contributed by atoms with Crippen molar-refractivity contribution in [2.75, 3.05) is 0 Å². The molecule has 0 aromatic heterocycles. The summed E-state index contributed by atoms with van der Waals surface area (Å²) in [4.78, 5) is 33.7. The number of benzene rings is 1. The molecule has 1 aromatic rings. The lowest BCUT2D eigenvalue weighted by Gasteiger charge is -2.15. The molecule has 9 nitrogen and oxygen atoms in total. The van der Waals surface area contributed by atoms with E-state index >= 15 is 0 Å². The van der Waals surface area contributed by atoms with Crippen LogP contribution in [0.25, 0.3) is 0 Å². The highest BCUT2D eigenvalue weighted by Gasteiger charge is 2.30. The number of ether oxygens (including phenoxy) is 3. The van der Waals surface area contributed by atoms with Gasteiger partial charge in [0, 0.05) is 20.8 Å². The Morgan fingerprint density at radius 2 is 0.833 bits per heavy atom. The third kappa shape index (κ3) is 3.65. The Morgan fingerprint density at radius 3 is 0.958 bits per heavy atom. The second kappa shape index (κ2) is 7.39. The second-order valence-corrected chi connectivity index (χ2v) is 4.23. The Hall–Kier alpha value is -3.90. The first-order valence-electron chi connectivity index (χ1n) is 6.26. The van der Waals surface area contributed by atoms with Gasteiger partial charge in [-0.1, -0.05) is 0 Å². The Balaban J connectivity index is 4.02. The van der Waals surface area contributed by atoms with E-state index in [1.165, 1.54) is 0 Å². The average Bonchev–Trinajstić information content (AvgIpc) is 2.46. The van der Waals surface area contributed by atoms with E-state index in [-0.39, 0.29) is 0 Å². The lowest BCUT2D eigenvalue weighted by molar-refractivity contribution is -0.132. The molecule has 0 heterocycles. The van der Waals surface area contributed by atoms with Gasteiger partial charge in [0.25, 0.3) is 0 Å². The van der Waals surface area contributed by atoms with Gasteiger partial charge in [-0.15, -0.1) is 0 Å². The number of hydrogen-bond acceptors (Lipinski definition) is 9. The first kappa shape index (κ1) is 18.1. The maximum atomic E-state index is 11.2. The zero-order chi connectivity index (χ0) is 18.4. The molecule has 0 unspecified atom stereocenters. The number of hydrogen-bond donors (Lipinski definition) is 0. The zero-order valence-corrected chi connectivity index (χ0v) is 12.8. The first-order chi connectivity index (χ1) is 11.3. The number of carbonyl (C=O) groups is 3. The van der Waals surface area contributed by atoms with Crippen molar-refractivity contribution in [3.05, 3.63) is 16.7 Å². The van der Waals surface area contributed by atoms with Gasteiger partial charge < -0.3 is 14.2 Å². The number of esters is 3. The summed E-state index contributed by atoms with van der Waals surface area (Å²) in [7, 11) is 0. The highest BCUT2D eigenvalue weighted by molar-refractivity contribution is 5.83. The van der Waals surface area contributed by atoms with Crippen molar-refractivity contribution in [1.82, 2.24) is 0 Å². The van der Waals surface area contributed by atoms with E-state index in [0.29, 0.717) is 0 Å². The van der Waals surface area contributed by atoms with Crippen LogP contribution in [0.2, 0.25) is 0 Å². The van der Waals surface area contributed by atoms with Gasteiger partial charge >= 0.3 is 17.9 Å². The second-order valence-electron chi connectivity index (χ2n) is 4.23. The van der Waals surface area contributed by atoms with E-state index in [9.17, 15) is 30.2 Å². The predicted molar refractivity (Wildman–Crippen MR) is 74.5 cm³/mol. The molecular formula is C15H9N3O6. The van der Waals surface area contributed by atoms with E-state index in [1.807, 2.05) is 0 Å². The van der Waals surface area contributed by atoms with Crippen LogP contribution >= 0.6 is 0 Å². The van der Waals surface area contributed by atoms with Gasteiger partial charge in [-0.25, -0.2) is 0 Å². The lowest BCUT2D eigenvalue weighted by Crippen LogP contribution is -2.13. The van der Waals surface area contributed by atoms with Gasteiger partial charge in [0.15, 0.2) is 17.2 Å². The topological polar surface area (TPSA) is 150 Å². The Kier molecular flexibility index (Phi) is 5.59. The molecule has 0 radical (unpaired) electrons. The summed E-state index contributed by atoms with van der Waals surface area (Å²) in [5.41, 5.74) is -1.57. The van der Waals surface area contributed by atoms with Crippen molar-refractivity contribution in [2.24, 2.45) is 0 Å². The Bertz CT molecular complexity index is 732. The molecule has 24 heavy (non-hydrogen) atoms. The fourth-order valence-electron chi connectivity index (χ4n) is 1.73. The minimum Gasteiger partial charge on any atom is -0.424 e. The Morgan fingerprint density at radius 1 is 0.625 bits per heavy atom. The summed E-state index contributed by atoms with van der Waals surface area (Å²) in [6.45, 7) is 3.03. The fraction of sp³-hybridized carbons (Fsp3) is 0.200. The van der Waals surface area contributed by atoms with Crippen LogP contribution in [0.3, 0.4) is 0 Å². The highest BCUT2D eigenvalue weighted by atomic mass is 16.6. The quantitative estimate of drug-likeness (QED) is 0.586. The molecule has 120 valence electrons. The molecular weight excluding hydrogens is 318 g/mol. The van der Waals surface area contributed by atoms with Crippen molar-refractivity contribution in [1.29, 1.82) is 15.8 Å². The minimum absolute atomic E-state index is 0.524. The molecule has 0 fully saturated rings. The molecule has 0 aliphatic carbocycles. The van der Waals surface area contributed by atoms with Gasteiger partial charge in [0.05, 0.1) is 0 Å². The summed E-state index contributed by atoms with van der Waals surface area (Å²) < 4.78 is 14.5. The number of rotatable bonds is 3. The molecule has 0 N–H and O–H groups in total. The molecule has 1 aromatic carbocycles. The van der Waals surface area contributed by atoms with Gasteiger partial charge in [0.2, 0.25) is 0 Å². The molecule has 0 aliphatic rings. The third-order valence-corrected chi connectivity index (χ3v) is 2.44. The molecule has 0 aliphatic heterocycles. The lowest BCUT2D eigenvalue weighted by atomic mass is 10.0. The number of nitriles is 3. The van der Waals surface area contributed by atoms with Crippen molar-refractivity contribution in [2.45, 2.75) is 20.8 Å².